The molecule has 1 aromatic carbocycles. The first-order valence-corrected chi connectivity index (χ1v) is 5.02. The summed E-state index contributed by atoms with van der Waals surface area (Å²) in [6.45, 7) is 3.47. The smallest absolute Gasteiger partial charge is 0.337 e. The van der Waals surface area contributed by atoms with Crippen molar-refractivity contribution >= 4 is 17.6 Å². The maximum absolute atomic E-state index is 10.7. The number of aliphatic hydroxyl groups excluding tert-OH is 1. The van der Waals surface area contributed by atoms with Crippen LogP contribution in [0.4, 0.5) is 0 Å². The Morgan fingerprint density at radius 2 is 2.06 bits per heavy atom. The third kappa shape index (κ3) is 2.13. The number of benzene rings is 1. The second-order valence-corrected chi connectivity index (χ2v) is 3.90. The van der Waals surface area contributed by atoms with Gasteiger partial charge in [0.2, 0.25) is 0 Å². The van der Waals surface area contributed by atoms with Crippen LogP contribution in [0.15, 0.2) is 6.07 Å². The summed E-state index contributed by atoms with van der Waals surface area (Å²) in [5, 5.41) is 18.5. The fourth-order valence-corrected chi connectivity index (χ4v) is 2.11. The molecule has 0 bridgehead atoms. The van der Waals surface area contributed by atoms with Crippen LogP contribution in [0.2, 0.25) is 5.02 Å². The second kappa shape index (κ2) is 4.72. The molecule has 0 spiro atoms. The Morgan fingerprint density at radius 1 is 1.50 bits per heavy atom. The van der Waals surface area contributed by atoms with E-state index in [9.17, 15) is 9.90 Å². The van der Waals surface area contributed by atoms with Crippen LogP contribution in [-0.4, -0.2) is 23.3 Å². The van der Waals surface area contributed by atoms with Gasteiger partial charge in [-0.2, -0.15) is 0 Å². The molecular weight excluding hydrogens is 232 g/mol. The zero-order valence-corrected chi connectivity index (χ0v) is 10.00. The highest BCUT2D eigenvalue weighted by Crippen LogP contribution is 2.35. The van der Waals surface area contributed by atoms with Gasteiger partial charge in [-0.05, 0) is 31.0 Å². The van der Waals surface area contributed by atoms with Gasteiger partial charge in [-0.1, -0.05) is 11.6 Å². The van der Waals surface area contributed by atoms with Gasteiger partial charge in [0.1, 0.15) is 5.75 Å². The number of carboxylic acids is 1. The van der Waals surface area contributed by atoms with E-state index in [4.69, 9.17) is 21.4 Å². The van der Waals surface area contributed by atoms with Crippen LogP contribution in [0.1, 0.15) is 22.8 Å². The minimum absolute atomic E-state index is 0.177. The lowest BCUT2D eigenvalue weighted by Gasteiger charge is -2.16. The number of aliphatic hydroxyl groups is 1. The van der Waals surface area contributed by atoms with Crippen molar-refractivity contribution in [1.29, 1.82) is 0 Å². The first-order chi connectivity index (χ1) is 7.40. The van der Waals surface area contributed by atoms with Crippen molar-refractivity contribution in [1.82, 2.24) is 0 Å². The second-order valence-electron chi connectivity index (χ2n) is 3.49. The summed E-state index contributed by atoms with van der Waals surface area (Å²) >= 11 is 5.92. The summed E-state index contributed by atoms with van der Waals surface area (Å²) in [5.74, 6) is -0.796. The van der Waals surface area contributed by atoms with Crippen molar-refractivity contribution in [2.24, 2.45) is 0 Å². The van der Waals surface area contributed by atoms with Crippen LogP contribution < -0.4 is 4.74 Å². The highest BCUT2D eigenvalue weighted by Gasteiger charge is 2.24. The molecule has 0 aliphatic rings. The monoisotopic (exact) mass is 244 g/mol. The van der Waals surface area contributed by atoms with Gasteiger partial charge in [0.05, 0.1) is 7.11 Å². The van der Waals surface area contributed by atoms with Crippen LogP contribution in [0.3, 0.4) is 0 Å². The Kier molecular flexibility index (Phi) is 3.78. The highest BCUT2D eigenvalue weighted by molar-refractivity contribution is 6.31. The molecule has 88 valence electrons. The number of rotatable bonds is 3. The van der Waals surface area contributed by atoms with Gasteiger partial charge in [0, 0.05) is 10.6 Å². The molecule has 0 aliphatic heterocycles. The molecule has 0 saturated heterocycles. The molecule has 0 aromatic heterocycles. The molecule has 1 rings (SSSR count). The fourth-order valence-electron chi connectivity index (χ4n) is 1.70. The zero-order valence-electron chi connectivity index (χ0n) is 9.24. The standard InChI is InChI=1S/C11H13ClO4/c1-5-4-7(12)8(9(13)11(14)15)6(2)10(5)16-3/h4,9,13H,1-3H3,(H,14,15). The number of aryl methyl sites for hydroxylation is 1. The van der Waals surface area contributed by atoms with Crippen molar-refractivity contribution in [2.45, 2.75) is 20.0 Å². The molecule has 0 radical (unpaired) electrons. The first-order valence-electron chi connectivity index (χ1n) is 4.64. The van der Waals surface area contributed by atoms with Crippen molar-refractivity contribution < 1.29 is 19.7 Å². The minimum Gasteiger partial charge on any atom is -0.496 e. The third-order valence-electron chi connectivity index (χ3n) is 2.41. The van der Waals surface area contributed by atoms with Crippen LogP contribution in [0, 0.1) is 13.8 Å². The number of carboxylic acid groups (broad SMARTS) is 1. The third-order valence-corrected chi connectivity index (χ3v) is 2.73. The van der Waals surface area contributed by atoms with Gasteiger partial charge in [-0.3, -0.25) is 0 Å². The summed E-state index contributed by atoms with van der Waals surface area (Å²) in [5.41, 5.74) is 1.52. The topological polar surface area (TPSA) is 66.8 Å². The van der Waals surface area contributed by atoms with E-state index in [1.54, 1.807) is 19.9 Å². The molecule has 0 aliphatic carbocycles. The van der Waals surface area contributed by atoms with Crippen molar-refractivity contribution in [3.63, 3.8) is 0 Å². The SMILES string of the molecule is COc1c(C)cc(Cl)c(C(O)C(=O)O)c1C. The van der Waals surface area contributed by atoms with Crippen LogP contribution in [0.5, 0.6) is 5.75 Å². The Hall–Kier alpha value is -1.26. The number of hydrogen-bond acceptors (Lipinski definition) is 3. The Morgan fingerprint density at radius 3 is 2.50 bits per heavy atom. The quantitative estimate of drug-likeness (QED) is 0.854. The fraction of sp³-hybridized carbons (Fsp3) is 0.364. The number of halogens is 1. The van der Waals surface area contributed by atoms with Gasteiger partial charge < -0.3 is 14.9 Å². The minimum atomic E-state index is -1.64. The largest absolute Gasteiger partial charge is 0.496 e. The molecule has 16 heavy (non-hydrogen) atoms. The molecule has 2 N–H and O–H groups in total. The summed E-state index contributed by atoms with van der Waals surface area (Å²) in [7, 11) is 1.49. The normalized spacial score (nSPS) is 12.3. The zero-order chi connectivity index (χ0) is 12.5. The lowest BCUT2D eigenvalue weighted by molar-refractivity contribution is -0.147. The van der Waals surface area contributed by atoms with Gasteiger partial charge in [-0.25, -0.2) is 4.79 Å². The van der Waals surface area contributed by atoms with Gasteiger partial charge in [0.25, 0.3) is 0 Å². The Balaban J connectivity index is 3.45. The number of hydrogen-bond donors (Lipinski definition) is 2. The Labute approximate surface area is 98.4 Å². The van der Waals surface area contributed by atoms with E-state index in [0.717, 1.165) is 5.56 Å². The molecule has 1 atom stereocenters. The average Bonchev–Trinajstić information content (AvgIpc) is 2.17. The number of carbonyl (C=O) groups is 1. The van der Waals surface area contributed by atoms with Gasteiger partial charge >= 0.3 is 5.97 Å². The predicted molar refractivity (Wildman–Crippen MR) is 60.1 cm³/mol. The van der Waals surface area contributed by atoms with E-state index >= 15 is 0 Å². The summed E-state index contributed by atoms with van der Waals surface area (Å²) in [6, 6.07) is 1.58. The van der Waals surface area contributed by atoms with Crippen LogP contribution in [-0.2, 0) is 4.79 Å². The first kappa shape index (κ1) is 12.8. The van der Waals surface area contributed by atoms with E-state index in [2.05, 4.69) is 0 Å². The van der Waals surface area contributed by atoms with E-state index < -0.39 is 12.1 Å². The molecule has 1 unspecified atom stereocenters. The van der Waals surface area contributed by atoms with Crippen LogP contribution in [0.25, 0.3) is 0 Å². The number of methoxy groups -OCH3 is 1. The predicted octanol–water partition coefficient (Wildman–Crippen LogP) is 2.08. The van der Waals surface area contributed by atoms with E-state index in [1.165, 1.54) is 7.11 Å². The number of aliphatic carboxylic acids is 1. The van der Waals surface area contributed by atoms with E-state index in [-0.39, 0.29) is 10.6 Å². The summed E-state index contributed by atoms with van der Waals surface area (Å²) < 4.78 is 5.14. The molecule has 5 heteroatoms. The molecule has 4 nitrogen and oxygen atoms in total. The molecule has 1 aromatic rings. The van der Waals surface area contributed by atoms with Crippen LogP contribution >= 0.6 is 11.6 Å². The molecular formula is C11H13ClO4. The molecule has 0 saturated carbocycles. The van der Waals surface area contributed by atoms with Crippen molar-refractivity contribution in [3.8, 4) is 5.75 Å². The lowest BCUT2D eigenvalue weighted by atomic mass is 9.99. The molecule has 0 amide bonds. The Bertz CT molecular complexity index is 428. The average molecular weight is 245 g/mol. The van der Waals surface area contributed by atoms with E-state index in [0.29, 0.717) is 11.3 Å². The molecule has 0 heterocycles. The van der Waals surface area contributed by atoms with Crippen molar-refractivity contribution in [3.05, 3.63) is 27.8 Å². The lowest BCUT2D eigenvalue weighted by Crippen LogP contribution is -2.13. The maximum Gasteiger partial charge on any atom is 0.337 e. The van der Waals surface area contributed by atoms with Crippen molar-refractivity contribution in [2.75, 3.05) is 7.11 Å². The molecule has 0 fully saturated rings. The summed E-state index contributed by atoms with van der Waals surface area (Å²) in [4.78, 5) is 10.7. The highest BCUT2D eigenvalue weighted by atomic mass is 35.5. The number of ether oxygens (including phenoxy) is 1. The van der Waals surface area contributed by atoms with Gasteiger partial charge in [-0.15, -0.1) is 0 Å². The maximum atomic E-state index is 10.7. The van der Waals surface area contributed by atoms with E-state index in [1.807, 2.05) is 0 Å². The van der Waals surface area contributed by atoms with Gasteiger partial charge in [0.15, 0.2) is 6.10 Å². The summed E-state index contributed by atoms with van der Waals surface area (Å²) in [6.07, 6.45) is -1.64.